The van der Waals surface area contributed by atoms with Gasteiger partial charge in [0.1, 0.15) is 17.1 Å². The number of aryl methyl sites for hydroxylation is 1. The summed E-state index contributed by atoms with van der Waals surface area (Å²) in [6.45, 7) is 1.90. The minimum absolute atomic E-state index is 0.731. The number of hydrogen-bond donors (Lipinski definition) is 0. The van der Waals surface area contributed by atoms with Gasteiger partial charge in [0.2, 0.25) is 0 Å². The van der Waals surface area contributed by atoms with Crippen molar-refractivity contribution in [1.82, 2.24) is 20.0 Å². The molecule has 0 radical (unpaired) electrons. The van der Waals surface area contributed by atoms with Crippen LogP contribution in [0.25, 0.3) is 38.9 Å². The SMILES string of the molecule is Cc1onc(-c2ccccc2)c1-c1nnn2c1ccc1ccccc12. The fourth-order valence-electron chi connectivity index (χ4n) is 3.23. The van der Waals surface area contributed by atoms with Crippen molar-refractivity contribution in [3.63, 3.8) is 0 Å². The van der Waals surface area contributed by atoms with Gasteiger partial charge in [-0.05, 0) is 19.1 Å². The second-order valence-electron chi connectivity index (χ2n) is 5.96. The number of fused-ring (bicyclic) bond motifs is 3. The van der Waals surface area contributed by atoms with Gasteiger partial charge in [-0.1, -0.05) is 65.0 Å². The lowest BCUT2D eigenvalue weighted by Crippen LogP contribution is -1.90. The van der Waals surface area contributed by atoms with Crippen LogP contribution in [0.4, 0.5) is 0 Å². The van der Waals surface area contributed by atoms with E-state index in [-0.39, 0.29) is 0 Å². The van der Waals surface area contributed by atoms with Gasteiger partial charge >= 0.3 is 0 Å². The zero-order valence-electron chi connectivity index (χ0n) is 13.5. The number of aromatic nitrogens is 4. The minimum atomic E-state index is 0.731. The molecule has 3 aromatic heterocycles. The van der Waals surface area contributed by atoms with E-state index in [9.17, 15) is 0 Å². The molecule has 2 aromatic carbocycles. The summed E-state index contributed by atoms with van der Waals surface area (Å²) in [5.74, 6) is 0.731. The van der Waals surface area contributed by atoms with Gasteiger partial charge in [-0.2, -0.15) is 0 Å². The molecule has 0 atom stereocenters. The predicted molar refractivity (Wildman–Crippen MR) is 96.2 cm³/mol. The smallest absolute Gasteiger partial charge is 0.143 e. The van der Waals surface area contributed by atoms with Crippen LogP contribution >= 0.6 is 0 Å². The van der Waals surface area contributed by atoms with Crippen LogP contribution in [-0.2, 0) is 0 Å². The summed E-state index contributed by atoms with van der Waals surface area (Å²) in [6.07, 6.45) is 0. The Morgan fingerprint density at radius 2 is 1.60 bits per heavy atom. The fourth-order valence-corrected chi connectivity index (χ4v) is 3.23. The number of hydrogen-bond acceptors (Lipinski definition) is 4. The minimum Gasteiger partial charge on any atom is -0.360 e. The molecule has 5 nitrogen and oxygen atoms in total. The molecule has 5 rings (SSSR count). The summed E-state index contributed by atoms with van der Waals surface area (Å²) < 4.78 is 7.35. The van der Waals surface area contributed by atoms with Crippen molar-refractivity contribution in [3.05, 3.63) is 72.5 Å². The van der Waals surface area contributed by atoms with Gasteiger partial charge in [-0.3, -0.25) is 0 Å². The van der Waals surface area contributed by atoms with E-state index >= 15 is 0 Å². The zero-order chi connectivity index (χ0) is 16.8. The molecule has 0 fully saturated rings. The van der Waals surface area contributed by atoms with Crippen LogP contribution in [0, 0.1) is 6.92 Å². The van der Waals surface area contributed by atoms with Crippen molar-refractivity contribution < 1.29 is 4.52 Å². The van der Waals surface area contributed by atoms with E-state index in [1.54, 1.807) is 0 Å². The second kappa shape index (κ2) is 5.27. The standard InChI is InChI=1S/C20H14N4O/c1-13-18(19(22-25-13)15-8-3-2-4-9-15)20-17-12-11-14-7-5-6-10-16(14)24(17)23-21-20/h2-12H,1H3. The van der Waals surface area contributed by atoms with E-state index in [0.29, 0.717) is 0 Å². The van der Waals surface area contributed by atoms with Gasteiger partial charge < -0.3 is 4.52 Å². The average molecular weight is 326 g/mol. The third-order valence-corrected chi connectivity index (χ3v) is 4.44. The summed E-state index contributed by atoms with van der Waals surface area (Å²) in [4.78, 5) is 0. The first-order valence-corrected chi connectivity index (χ1v) is 8.08. The normalized spacial score (nSPS) is 11.4. The highest BCUT2D eigenvalue weighted by atomic mass is 16.5. The van der Waals surface area contributed by atoms with Crippen molar-refractivity contribution >= 4 is 16.4 Å². The molecule has 0 saturated carbocycles. The van der Waals surface area contributed by atoms with Gasteiger partial charge in [0, 0.05) is 10.9 Å². The molecule has 120 valence electrons. The van der Waals surface area contributed by atoms with Crippen molar-refractivity contribution in [2.45, 2.75) is 6.92 Å². The molecular formula is C20H14N4O. The number of para-hydroxylation sites is 1. The Balaban J connectivity index is 1.81. The molecular weight excluding hydrogens is 312 g/mol. The molecule has 0 aliphatic heterocycles. The summed E-state index contributed by atoms with van der Waals surface area (Å²) in [7, 11) is 0. The number of benzene rings is 2. The lowest BCUT2D eigenvalue weighted by molar-refractivity contribution is 0.400. The van der Waals surface area contributed by atoms with Crippen molar-refractivity contribution in [2.75, 3.05) is 0 Å². The van der Waals surface area contributed by atoms with E-state index in [1.165, 1.54) is 0 Å². The first-order valence-electron chi connectivity index (χ1n) is 8.08. The Bertz CT molecular complexity index is 1200. The highest BCUT2D eigenvalue weighted by Gasteiger charge is 2.21. The third kappa shape index (κ3) is 2.06. The Morgan fingerprint density at radius 1 is 0.800 bits per heavy atom. The van der Waals surface area contributed by atoms with Gasteiger partial charge in [-0.25, -0.2) is 4.52 Å². The molecule has 5 aromatic rings. The van der Waals surface area contributed by atoms with Crippen molar-refractivity contribution in [2.24, 2.45) is 0 Å². The number of rotatable bonds is 2. The Labute approximate surface area is 143 Å². The lowest BCUT2D eigenvalue weighted by Gasteiger charge is -2.02. The van der Waals surface area contributed by atoms with Gasteiger partial charge in [0.05, 0.1) is 16.6 Å². The molecule has 5 heteroatoms. The quantitative estimate of drug-likeness (QED) is 0.479. The van der Waals surface area contributed by atoms with E-state index < -0.39 is 0 Å². The summed E-state index contributed by atoms with van der Waals surface area (Å²) in [6, 6.07) is 22.2. The maximum atomic E-state index is 5.48. The largest absolute Gasteiger partial charge is 0.360 e. The third-order valence-electron chi connectivity index (χ3n) is 4.44. The molecule has 0 amide bonds. The van der Waals surface area contributed by atoms with Crippen molar-refractivity contribution in [1.29, 1.82) is 0 Å². The van der Waals surface area contributed by atoms with E-state index in [1.807, 2.05) is 66.0 Å². The highest BCUT2D eigenvalue weighted by Crippen LogP contribution is 2.35. The van der Waals surface area contributed by atoms with Crippen LogP contribution in [0.1, 0.15) is 5.76 Å². The van der Waals surface area contributed by atoms with Crippen LogP contribution in [0.15, 0.2) is 71.3 Å². The van der Waals surface area contributed by atoms with E-state index in [0.717, 1.165) is 44.7 Å². The van der Waals surface area contributed by atoms with Gasteiger partial charge in [0.25, 0.3) is 0 Å². The first-order chi connectivity index (χ1) is 12.3. The van der Waals surface area contributed by atoms with Crippen LogP contribution in [-0.4, -0.2) is 20.0 Å². The molecule has 0 aliphatic rings. The molecule has 0 saturated heterocycles. The first kappa shape index (κ1) is 13.9. The predicted octanol–water partition coefficient (Wildman–Crippen LogP) is 4.51. The number of pyridine rings is 1. The van der Waals surface area contributed by atoms with Crippen LogP contribution in [0.5, 0.6) is 0 Å². The molecule has 0 spiro atoms. The van der Waals surface area contributed by atoms with Crippen LogP contribution < -0.4 is 0 Å². The van der Waals surface area contributed by atoms with E-state index in [4.69, 9.17) is 4.52 Å². The van der Waals surface area contributed by atoms with Crippen LogP contribution in [0.2, 0.25) is 0 Å². The Hall–Kier alpha value is -3.47. The summed E-state index contributed by atoms with van der Waals surface area (Å²) >= 11 is 0. The molecule has 3 heterocycles. The topological polar surface area (TPSA) is 56.2 Å². The summed E-state index contributed by atoms with van der Waals surface area (Å²) in [5, 5.41) is 14.2. The monoisotopic (exact) mass is 326 g/mol. The molecule has 25 heavy (non-hydrogen) atoms. The van der Waals surface area contributed by atoms with Gasteiger partial charge in [-0.15, -0.1) is 5.10 Å². The van der Waals surface area contributed by atoms with Crippen molar-refractivity contribution in [3.8, 4) is 22.5 Å². The zero-order valence-corrected chi connectivity index (χ0v) is 13.5. The summed E-state index contributed by atoms with van der Waals surface area (Å²) in [5.41, 5.74) is 5.40. The number of nitrogens with zero attached hydrogens (tertiary/aromatic N) is 4. The fraction of sp³-hybridized carbons (Fsp3) is 0.0500. The second-order valence-corrected chi connectivity index (χ2v) is 5.96. The lowest BCUT2D eigenvalue weighted by atomic mass is 10.0. The van der Waals surface area contributed by atoms with Crippen LogP contribution in [0.3, 0.4) is 0 Å². The maximum absolute atomic E-state index is 5.48. The molecule has 0 N–H and O–H groups in total. The Kier molecular flexibility index (Phi) is 2.94. The molecule has 0 bridgehead atoms. The molecule has 0 unspecified atom stereocenters. The maximum Gasteiger partial charge on any atom is 0.143 e. The highest BCUT2D eigenvalue weighted by molar-refractivity contribution is 5.91. The molecule has 0 aliphatic carbocycles. The van der Waals surface area contributed by atoms with E-state index in [2.05, 4.69) is 27.6 Å². The van der Waals surface area contributed by atoms with Gasteiger partial charge in [0.15, 0.2) is 0 Å². The Morgan fingerprint density at radius 3 is 2.48 bits per heavy atom. The average Bonchev–Trinajstić information content (AvgIpc) is 3.25.